The van der Waals surface area contributed by atoms with Crippen molar-refractivity contribution in [1.29, 1.82) is 0 Å². The van der Waals surface area contributed by atoms with Gasteiger partial charge in [0, 0.05) is 19.0 Å². The summed E-state index contributed by atoms with van der Waals surface area (Å²) in [7, 11) is 0. The number of carbonyl (C=O) groups excluding carboxylic acids is 4. The molecule has 2 fully saturated rings. The summed E-state index contributed by atoms with van der Waals surface area (Å²) < 4.78 is 0. The molecule has 110 valence electrons. The first-order chi connectivity index (χ1) is 9.29. The number of amides is 5. The van der Waals surface area contributed by atoms with Crippen LogP contribution in [0.2, 0.25) is 0 Å². The molecule has 0 bridgehead atoms. The highest BCUT2D eigenvalue weighted by Gasteiger charge is 2.44. The lowest BCUT2D eigenvalue weighted by Gasteiger charge is -2.24. The lowest BCUT2D eigenvalue weighted by molar-refractivity contribution is -0.134. The molecule has 2 aliphatic rings. The second-order valence-electron chi connectivity index (χ2n) is 5.55. The van der Waals surface area contributed by atoms with Crippen molar-refractivity contribution in [2.24, 2.45) is 0 Å². The highest BCUT2D eigenvalue weighted by Crippen LogP contribution is 2.16. The molecule has 2 aliphatic heterocycles. The van der Waals surface area contributed by atoms with Crippen LogP contribution in [0.3, 0.4) is 0 Å². The van der Waals surface area contributed by atoms with Crippen LogP contribution in [0.1, 0.15) is 26.7 Å². The van der Waals surface area contributed by atoms with E-state index in [1.54, 1.807) is 13.8 Å². The van der Waals surface area contributed by atoms with Crippen LogP contribution in [0.5, 0.6) is 0 Å². The molecule has 0 aromatic rings. The van der Waals surface area contributed by atoms with Gasteiger partial charge in [-0.2, -0.15) is 0 Å². The highest BCUT2D eigenvalue weighted by atomic mass is 16.2. The van der Waals surface area contributed by atoms with Crippen LogP contribution in [0, 0.1) is 0 Å². The molecule has 5 amide bonds. The lowest BCUT2D eigenvalue weighted by Crippen LogP contribution is -2.51. The third-order valence-corrected chi connectivity index (χ3v) is 3.38. The van der Waals surface area contributed by atoms with E-state index in [2.05, 4.69) is 16.0 Å². The zero-order chi connectivity index (χ0) is 14.9. The van der Waals surface area contributed by atoms with Gasteiger partial charge in [0.25, 0.3) is 5.91 Å². The molecule has 1 atom stereocenters. The normalized spacial score (nSPS) is 25.2. The first-order valence-electron chi connectivity index (χ1n) is 6.50. The van der Waals surface area contributed by atoms with Gasteiger partial charge in [0.2, 0.25) is 11.8 Å². The standard InChI is InChI=1S/C12H18N4O4/c1-12(2)10(19)16(11(20)15-12)6-9(18)14-7-3-4-8(17)13-5-7/h7H,3-6H2,1-2H3,(H,13,17)(H,14,18)(H,15,20). The van der Waals surface area contributed by atoms with Crippen molar-refractivity contribution in [3.05, 3.63) is 0 Å². The third kappa shape index (κ3) is 2.89. The van der Waals surface area contributed by atoms with Crippen molar-refractivity contribution in [2.75, 3.05) is 13.1 Å². The molecule has 2 rings (SSSR count). The first-order valence-corrected chi connectivity index (χ1v) is 6.50. The summed E-state index contributed by atoms with van der Waals surface area (Å²) in [4.78, 5) is 47.3. The zero-order valence-electron chi connectivity index (χ0n) is 11.5. The Balaban J connectivity index is 1.87. The molecule has 8 nitrogen and oxygen atoms in total. The second-order valence-corrected chi connectivity index (χ2v) is 5.55. The largest absolute Gasteiger partial charge is 0.354 e. The van der Waals surface area contributed by atoms with Crippen LogP contribution in [-0.4, -0.2) is 53.3 Å². The van der Waals surface area contributed by atoms with Gasteiger partial charge in [-0.15, -0.1) is 0 Å². The summed E-state index contributed by atoms with van der Waals surface area (Å²) in [5.74, 6) is -0.867. The predicted octanol–water partition coefficient (Wildman–Crippen LogP) is -1.29. The molecule has 8 heteroatoms. The fourth-order valence-electron chi connectivity index (χ4n) is 2.23. The van der Waals surface area contributed by atoms with E-state index in [-0.39, 0.29) is 18.5 Å². The van der Waals surface area contributed by atoms with Crippen molar-refractivity contribution in [2.45, 2.75) is 38.3 Å². The number of piperidine rings is 1. The molecule has 0 aliphatic carbocycles. The molecule has 0 spiro atoms. The van der Waals surface area contributed by atoms with Gasteiger partial charge >= 0.3 is 6.03 Å². The number of nitrogens with zero attached hydrogens (tertiary/aromatic N) is 1. The topological polar surface area (TPSA) is 108 Å². The van der Waals surface area contributed by atoms with Crippen molar-refractivity contribution in [3.8, 4) is 0 Å². The van der Waals surface area contributed by atoms with E-state index in [0.717, 1.165) is 4.90 Å². The van der Waals surface area contributed by atoms with E-state index in [4.69, 9.17) is 0 Å². The molecular formula is C12H18N4O4. The average molecular weight is 282 g/mol. The summed E-state index contributed by atoms with van der Waals surface area (Å²) in [6, 6.07) is -0.721. The van der Waals surface area contributed by atoms with Gasteiger partial charge in [-0.1, -0.05) is 0 Å². The number of hydrogen-bond donors (Lipinski definition) is 3. The predicted molar refractivity (Wildman–Crippen MR) is 68.5 cm³/mol. The number of carbonyl (C=O) groups is 4. The quantitative estimate of drug-likeness (QED) is 0.560. The Hall–Kier alpha value is -2.12. The Morgan fingerprint density at radius 1 is 1.40 bits per heavy atom. The average Bonchev–Trinajstić information content (AvgIpc) is 2.55. The van der Waals surface area contributed by atoms with Gasteiger partial charge in [-0.25, -0.2) is 4.79 Å². The molecule has 20 heavy (non-hydrogen) atoms. The van der Waals surface area contributed by atoms with Crippen molar-refractivity contribution < 1.29 is 19.2 Å². The van der Waals surface area contributed by atoms with Gasteiger partial charge < -0.3 is 16.0 Å². The SMILES string of the molecule is CC1(C)NC(=O)N(CC(=O)NC2CCC(=O)NC2)C1=O. The van der Waals surface area contributed by atoms with Crippen molar-refractivity contribution >= 4 is 23.8 Å². The van der Waals surface area contributed by atoms with E-state index in [1.165, 1.54) is 0 Å². The smallest absolute Gasteiger partial charge is 0.325 e. The number of nitrogens with one attached hydrogen (secondary N) is 3. The van der Waals surface area contributed by atoms with Crippen LogP contribution in [0.4, 0.5) is 4.79 Å². The maximum absolute atomic E-state index is 11.9. The molecule has 0 aromatic heterocycles. The maximum atomic E-state index is 11.9. The summed E-state index contributed by atoms with van der Waals surface area (Å²) in [5, 5.41) is 7.86. The van der Waals surface area contributed by atoms with Crippen molar-refractivity contribution in [3.63, 3.8) is 0 Å². The Morgan fingerprint density at radius 3 is 2.60 bits per heavy atom. The van der Waals surface area contributed by atoms with Crippen LogP contribution >= 0.6 is 0 Å². The number of imide groups is 1. The van der Waals surface area contributed by atoms with Gasteiger partial charge in [-0.3, -0.25) is 19.3 Å². The first kappa shape index (κ1) is 14.3. The molecule has 0 saturated carbocycles. The zero-order valence-corrected chi connectivity index (χ0v) is 11.5. The van der Waals surface area contributed by atoms with Crippen molar-refractivity contribution in [1.82, 2.24) is 20.9 Å². The van der Waals surface area contributed by atoms with Gasteiger partial charge in [0.05, 0.1) is 0 Å². The van der Waals surface area contributed by atoms with Crippen LogP contribution in [0.25, 0.3) is 0 Å². The highest BCUT2D eigenvalue weighted by molar-refractivity contribution is 6.08. The van der Waals surface area contributed by atoms with Crippen LogP contribution in [0.15, 0.2) is 0 Å². The minimum Gasteiger partial charge on any atom is -0.354 e. The Kier molecular flexibility index (Phi) is 3.65. The van der Waals surface area contributed by atoms with Crippen LogP contribution < -0.4 is 16.0 Å². The molecule has 1 unspecified atom stereocenters. The summed E-state index contributed by atoms with van der Waals surface area (Å²) >= 11 is 0. The fourth-order valence-corrected chi connectivity index (χ4v) is 2.23. The Labute approximate surface area is 116 Å². The summed E-state index contributed by atoms with van der Waals surface area (Å²) in [6.07, 6.45) is 0.921. The molecule has 2 heterocycles. The van der Waals surface area contributed by atoms with Gasteiger partial charge in [0.15, 0.2) is 0 Å². The number of hydrogen-bond acceptors (Lipinski definition) is 4. The van der Waals surface area contributed by atoms with E-state index in [0.29, 0.717) is 19.4 Å². The monoisotopic (exact) mass is 282 g/mol. The van der Waals surface area contributed by atoms with E-state index in [1.807, 2.05) is 0 Å². The van der Waals surface area contributed by atoms with E-state index in [9.17, 15) is 19.2 Å². The third-order valence-electron chi connectivity index (χ3n) is 3.38. The number of rotatable bonds is 3. The summed E-state index contributed by atoms with van der Waals surface area (Å²) in [6.45, 7) is 3.23. The van der Waals surface area contributed by atoms with E-state index >= 15 is 0 Å². The van der Waals surface area contributed by atoms with E-state index < -0.39 is 23.4 Å². The lowest BCUT2D eigenvalue weighted by atomic mass is 10.1. The molecular weight excluding hydrogens is 264 g/mol. The van der Waals surface area contributed by atoms with Gasteiger partial charge in [0.1, 0.15) is 12.1 Å². The molecule has 3 N–H and O–H groups in total. The molecule has 2 saturated heterocycles. The molecule has 0 radical (unpaired) electrons. The van der Waals surface area contributed by atoms with Gasteiger partial charge in [-0.05, 0) is 20.3 Å². The minimum absolute atomic E-state index is 0.0358. The van der Waals surface area contributed by atoms with Crippen LogP contribution in [-0.2, 0) is 14.4 Å². The number of urea groups is 1. The second kappa shape index (κ2) is 5.10. The Morgan fingerprint density at radius 2 is 2.10 bits per heavy atom. The Bertz CT molecular complexity index is 464. The molecule has 0 aromatic carbocycles. The maximum Gasteiger partial charge on any atom is 0.325 e. The minimum atomic E-state index is -0.976. The fraction of sp³-hybridized carbons (Fsp3) is 0.667. The summed E-state index contributed by atoms with van der Waals surface area (Å²) in [5.41, 5.74) is -0.976.